The van der Waals surface area contributed by atoms with Crippen LogP contribution in [0.1, 0.15) is 55.1 Å². The highest BCUT2D eigenvalue weighted by Gasteiger charge is 2.19. The SMILES string of the molecule is CCCCC(CC)C(O)Cc1nc(C)c(C)s1. The van der Waals surface area contributed by atoms with Gasteiger partial charge in [-0.3, -0.25) is 0 Å². The maximum atomic E-state index is 10.3. The number of hydrogen-bond donors (Lipinski definition) is 1. The highest BCUT2D eigenvalue weighted by Crippen LogP contribution is 2.23. The number of unbranched alkanes of at least 4 members (excludes halogenated alkanes) is 1. The lowest BCUT2D eigenvalue weighted by Crippen LogP contribution is -2.22. The molecule has 2 nitrogen and oxygen atoms in total. The second kappa shape index (κ2) is 7.12. The first-order valence-electron chi connectivity index (χ1n) is 6.69. The predicted octanol–water partition coefficient (Wildman–Crippen LogP) is 3.88. The average Bonchev–Trinajstić information content (AvgIpc) is 2.59. The fraction of sp³-hybridized carbons (Fsp3) is 0.786. The van der Waals surface area contributed by atoms with E-state index < -0.39 is 0 Å². The molecule has 17 heavy (non-hydrogen) atoms. The van der Waals surface area contributed by atoms with Crippen LogP contribution in [-0.2, 0) is 6.42 Å². The van der Waals surface area contributed by atoms with Gasteiger partial charge in [-0.2, -0.15) is 0 Å². The maximum absolute atomic E-state index is 10.3. The molecule has 0 aliphatic carbocycles. The van der Waals surface area contributed by atoms with Crippen molar-refractivity contribution in [3.05, 3.63) is 15.6 Å². The Bertz CT molecular complexity index is 315. The third-order valence-electron chi connectivity index (χ3n) is 3.45. The third-order valence-corrected chi connectivity index (χ3v) is 4.55. The van der Waals surface area contributed by atoms with Crippen LogP contribution < -0.4 is 0 Å². The topological polar surface area (TPSA) is 33.1 Å². The Balaban J connectivity index is 2.54. The highest BCUT2D eigenvalue weighted by atomic mass is 32.1. The van der Waals surface area contributed by atoms with E-state index in [4.69, 9.17) is 0 Å². The van der Waals surface area contributed by atoms with Crippen molar-refractivity contribution in [2.75, 3.05) is 0 Å². The van der Waals surface area contributed by atoms with Crippen molar-refractivity contribution in [3.8, 4) is 0 Å². The Morgan fingerprint density at radius 3 is 2.47 bits per heavy atom. The van der Waals surface area contributed by atoms with Gasteiger partial charge in [-0.1, -0.05) is 33.1 Å². The Hall–Kier alpha value is -0.410. The van der Waals surface area contributed by atoms with Crippen LogP contribution in [0.5, 0.6) is 0 Å². The van der Waals surface area contributed by atoms with Crippen molar-refractivity contribution in [2.24, 2.45) is 5.92 Å². The molecule has 0 aliphatic heterocycles. The normalized spacial score (nSPS) is 14.9. The Morgan fingerprint density at radius 1 is 1.29 bits per heavy atom. The molecule has 2 atom stereocenters. The molecule has 1 N–H and O–H groups in total. The molecule has 0 saturated heterocycles. The quantitative estimate of drug-likeness (QED) is 0.802. The summed E-state index contributed by atoms with van der Waals surface area (Å²) in [5.74, 6) is 0.430. The van der Waals surface area contributed by atoms with Crippen molar-refractivity contribution < 1.29 is 5.11 Å². The van der Waals surface area contributed by atoms with Gasteiger partial charge in [0.05, 0.1) is 16.8 Å². The van der Waals surface area contributed by atoms with Crippen LogP contribution in [0.25, 0.3) is 0 Å². The molecule has 3 heteroatoms. The number of aromatic nitrogens is 1. The van der Waals surface area contributed by atoms with E-state index in [0.29, 0.717) is 5.92 Å². The van der Waals surface area contributed by atoms with Gasteiger partial charge in [0.15, 0.2) is 0 Å². The first-order chi connectivity index (χ1) is 8.08. The smallest absolute Gasteiger partial charge is 0.0956 e. The number of nitrogens with zero attached hydrogens (tertiary/aromatic N) is 1. The van der Waals surface area contributed by atoms with E-state index in [1.165, 1.54) is 17.7 Å². The summed E-state index contributed by atoms with van der Waals surface area (Å²) in [5.41, 5.74) is 1.11. The summed E-state index contributed by atoms with van der Waals surface area (Å²) >= 11 is 1.72. The Kier molecular flexibility index (Phi) is 6.14. The van der Waals surface area contributed by atoms with Gasteiger partial charge < -0.3 is 5.11 Å². The number of aliphatic hydroxyl groups excluding tert-OH is 1. The summed E-state index contributed by atoms with van der Waals surface area (Å²) in [6.07, 6.45) is 5.12. The van der Waals surface area contributed by atoms with Crippen LogP contribution in [-0.4, -0.2) is 16.2 Å². The van der Waals surface area contributed by atoms with E-state index in [9.17, 15) is 5.11 Å². The lowest BCUT2D eigenvalue weighted by atomic mass is 9.92. The van der Waals surface area contributed by atoms with Crippen LogP contribution in [0, 0.1) is 19.8 Å². The fourth-order valence-electron chi connectivity index (χ4n) is 2.11. The third kappa shape index (κ3) is 4.40. The summed E-state index contributed by atoms with van der Waals surface area (Å²) in [6, 6.07) is 0. The first-order valence-corrected chi connectivity index (χ1v) is 7.51. The molecule has 98 valence electrons. The van der Waals surface area contributed by atoms with Gasteiger partial charge in [0.2, 0.25) is 0 Å². The molecule has 0 spiro atoms. The van der Waals surface area contributed by atoms with Crippen LogP contribution in [0.2, 0.25) is 0 Å². The molecule has 1 aromatic rings. The molecular formula is C14H25NOS. The van der Waals surface area contributed by atoms with Crippen molar-refractivity contribution in [3.63, 3.8) is 0 Å². The van der Waals surface area contributed by atoms with E-state index in [2.05, 4.69) is 25.8 Å². The summed E-state index contributed by atoms with van der Waals surface area (Å²) in [6.45, 7) is 8.50. The van der Waals surface area contributed by atoms with Crippen molar-refractivity contribution >= 4 is 11.3 Å². The number of hydrogen-bond acceptors (Lipinski definition) is 3. The van der Waals surface area contributed by atoms with Gasteiger partial charge in [-0.25, -0.2) is 4.98 Å². The first kappa shape index (κ1) is 14.7. The van der Waals surface area contributed by atoms with Gasteiger partial charge in [0.1, 0.15) is 0 Å². The molecule has 0 radical (unpaired) electrons. The largest absolute Gasteiger partial charge is 0.392 e. The molecule has 1 rings (SSSR count). The number of thiazole rings is 1. The average molecular weight is 255 g/mol. The zero-order valence-corrected chi connectivity index (χ0v) is 12.3. The van der Waals surface area contributed by atoms with E-state index >= 15 is 0 Å². The highest BCUT2D eigenvalue weighted by molar-refractivity contribution is 7.11. The van der Waals surface area contributed by atoms with E-state index in [1.807, 2.05) is 6.92 Å². The van der Waals surface area contributed by atoms with Crippen LogP contribution in [0.15, 0.2) is 0 Å². The van der Waals surface area contributed by atoms with Gasteiger partial charge >= 0.3 is 0 Å². The number of aliphatic hydroxyl groups is 1. The Morgan fingerprint density at radius 2 is 2.00 bits per heavy atom. The number of rotatable bonds is 7. The van der Waals surface area contributed by atoms with E-state index in [0.717, 1.165) is 30.0 Å². The van der Waals surface area contributed by atoms with Gasteiger partial charge in [-0.05, 0) is 26.2 Å². The monoisotopic (exact) mass is 255 g/mol. The van der Waals surface area contributed by atoms with Gasteiger partial charge in [0.25, 0.3) is 0 Å². The predicted molar refractivity (Wildman–Crippen MR) is 74.6 cm³/mol. The lowest BCUT2D eigenvalue weighted by Gasteiger charge is -2.20. The van der Waals surface area contributed by atoms with Crippen molar-refractivity contribution in [1.82, 2.24) is 4.98 Å². The molecular weight excluding hydrogens is 230 g/mol. The molecule has 2 unspecified atom stereocenters. The minimum atomic E-state index is -0.225. The fourth-order valence-corrected chi connectivity index (χ4v) is 3.09. The minimum absolute atomic E-state index is 0.225. The summed E-state index contributed by atoms with van der Waals surface area (Å²) in [4.78, 5) is 5.78. The molecule has 0 bridgehead atoms. The molecule has 0 aliphatic rings. The van der Waals surface area contributed by atoms with E-state index in [1.54, 1.807) is 11.3 Å². The standard InChI is InChI=1S/C14H25NOS/c1-5-7-8-12(6-2)13(16)9-14-15-10(3)11(4)17-14/h12-13,16H,5-9H2,1-4H3. The molecule has 1 heterocycles. The van der Waals surface area contributed by atoms with Crippen molar-refractivity contribution in [1.29, 1.82) is 0 Å². The molecule has 0 amide bonds. The number of aryl methyl sites for hydroxylation is 2. The maximum Gasteiger partial charge on any atom is 0.0956 e. The second-order valence-corrected chi connectivity index (χ2v) is 6.12. The van der Waals surface area contributed by atoms with Gasteiger partial charge in [0, 0.05) is 11.3 Å². The molecule has 1 aromatic heterocycles. The van der Waals surface area contributed by atoms with Gasteiger partial charge in [-0.15, -0.1) is 11.3 Å². The van der Waals surface area contributed by atoms with E-state index in [-0.39, 0.29) is 6.10 Å². The molecule has 0 fully saturated rings. The molecule has 0 aromatic carbocycles. The van der Waals surface area contributed by atoms with Crippen LogP contribution in [0.4, 0.5) is 0 Å². The summed E-state index contributed by atoms with van der Waals surface area (Å²) in [7, 11) is 0. The minimum Gasteiger partial charge on any atom is -0.392 e. The zero-order valence-electron chi connectivity index (χ0n) is 11.5. The Labute approximate surface area is 109 Å². The summed E-state index contributed by atoms with van der Waals surface area (Å²) < 4.78 is 0. The lowest BCUT2D eigenvalue weighted by molar-refractivity contribution is 0.0986. The van der Waals surface area contributed by atoms with Crippen LogP contribution in [0.3, 0.4) is 0 Å². The summed E-state index contributed by atoms with van der Waals surface area (Å²) in [5, 5.41) is 11.3. The molecule has 0 saturated carbocycles. The van der Waals surface area contributed by atoms with Crippen LogP contribution >= 0.6 is 11.3 Å². The zero-order chi connectivity index (χ0) is 12.8. The van der Waals surface area contributed by atoms with Crippen molar-refractivity contribution in [2.45, 2.75) is 65.9 Å². The second-order valence-electron chi connectivity index (χ2n) is 4.83.